The fraction of sp³-hybridized carbons (Fsp3) is 0.600. The van der Waals surface area contributed by atoms with Gasteiger partial charge in [0, 0.05) is 17.6 Å². The molecule has 17 heavy (non-hydrogen) atoms. The van der Waals surface area contributed by atoms with Gasteiger partial charge < -0.3 is 5.32 Å². The van der Waals surface area contributed by atoms with Crippen LogP contribution in [0.25, 0.3) is 0 Å². The smallest absolute Gasteiger partial charge is 0.0453 e. The minimum atomic E-state index is 0.653. The molecule has 1 aliphatic carbocycles. The molecule has 1 nitrogen and oxygen atoms in total. The standard InChI is InChI=1S/C15H22ClN/c1-3-14(9-12-5-6-12)17-10-13-7-4-11(2)8-15(13)16/h4,7-8,12,14,17H,3,5-6,9-10H2,1-2H3. The Kier molecular flexibility index (Phi) is 4.47. The van der Waals surface area contributed by atoms with Crippen molar-refractivity contribution in [3.63, 3.8) is 0 Å². The van der Waals surface area contributed by atoms with E-state index in [1.165, 1.54) is 36.8 Å². The van der Waals surface area contributed by atoms with Crippen molar-refractivity contribution in [3.05, 3.63) is 34.3 Å². The molecule has 1 atom stereocenters. The van der Waals surface area contributed by atoms with E-state index in [0.29, 0.717) is 6.04 Å². The molecule has 0 bridgehead atoms. The van der Waals surface area contributed by atoms with Gasteiger partial charge >= 0.3 is 0 Å². The minimum Gasteiger partial charge on any atom is -0.310 e. The summed E-state index contributed by atoms with van der Waals surface area (Å²) in [6.07, 6.45) is 5.41. The van der Waals surface area contributed by atoms with Gasteiger partial charge in [-0.25, -0.2) is 0 Å². The number of benzene rings is 1. The highest BCUT2D eigenvalue weighted by molar-refractivity contribution is 6.31. The lowest BCUT2D eigenvalue weighted by atomic mass is 10.1. The number of hydrogen-bond acceptors (Lipinski definition) is 1. The second kappa shape index (κ2) is 5.88. The van der Waals surface area contributed by atoms with Crippen LogP contribution in [0.4, 0.5) is 0 Å². The molecule has 2 heteroatoms. The molecule has 0 aliphatic heterocycles. The van der Waals surface area contributed by atoms with Crippen LogP contribution in [0.3, 0.4) is 0 Å². The maximum Gasteiger partial charge on any atom is 0.0453 e. The zero-order valence-corrected chi connectivity index (χ0v) is 11.6. The van der Waals surface area contributed by atoms with E-state index in [2.05, 4.69) is 31.3 Å². The van der Waals surface area contributed by atoms with Crippen LogP contribution in [0.1, 0.15) is 43.7 Å². The van der Waals surface area contributed by atoms with E-state index in [-0.39, 0.29) is 0 Å². The third-order valence-electron chi connectivity index (χ3n) is 3.60. The van der Waals surface area contributed by atoms with Gasteiger partial charge in [-0.15, -0.1) is 0 Å². The summed E-state index contributed by atoms with van der Waals surface area (Å²) in [6.45, 7) is 5.23. The van der Waals surface area contributed by atoms with Crippen molar-refractivity contribution in [1.82, 2.24) is 5.32 Å². The average Bonchev–Trinajstić information content (AvgIpc) is 3.10. The molecular formula is C15H22ClN. The van der Waals surface area contributed by atoms with Crippen LogP contribution >= 0.6 is 11.6 Å². The SMILES string of the molecule is CCC(CC1CC1)NCc1ccc(C)cc1Cl. The normalized spacial score (nSPS) is 17.1. The van der Waals surface area contributed by atoms with Gasteiger partial charge in [-0.2, -0.15) is 0 Å². The van der Waals surface area contributed by atoms with Crippen LogP contribution in [0, 0.1) is 12.8 Å². The van der Waals surface area contributed by atoms with Gasteiger partial charge in [0.05, 0.1) is 0 Å². The number of hydrogen-bond donors (Lipinski definition) is 1. The molecule has 0 heterocycles. The van der Waals surface area contributed by atoms with Crippen LogP contribution in [0.2, 0.25) is 5.02 Å². The van der Waals surface area contributed by atoms with E-state index in [1.54, 1.807) is 0 Å². The highest BCUT2D eigenvalue weighted by atomic mass is 35.5. The molecule has 0 radical (unpaired) electrons. The molecule has 0 saturated heterocycles. The van der Waals surface area contributed by atoms with Gasteiger partial charge in [-0.1, -0.05) is 43.5 Å². The molecule has 2 rings (SSSR count). The van der Waals surface area contributed by atoms with E-state index in [1.807, 2.05) is 6.07 Å². The van der Waals surface area contributed by atoms with Gasteiger partial charge in [0.1, 0.15) is 0 Å². The second-order valence-electron chi connectivity index (χ2n) is 5.26. The zero-order chi connectivity index (χ0) is 12.3. The van der Waals surface area contributed by atoms with Gasteiger partial charge in [-0.3, -0.25) is 0 Å². The lowest BCUT2D eigenvalue weighted by Crippen LogP contribution is -2.28. The number of nitrogens with one attached hydrogen (secondary N) is 1. The Bertz CT molecular complexity index is 371. The third kappa shape index (κ3) is 4.01. The van der Waals surface area contributed by atoms with Crippen LogP contribution in [0.5, 0.6) is 0 Å². The average molecular weight is 252 g/mol. The van der Waals surface area contributed by atoms with Crippen LogP contribution in [0.15, 0.2) is 18.2 Å². The van der Waals surface area contributed by atoms with Crippen LogP contribution in [-0.2, 0) is 6.54 Å². The third-order valence-corrected chi connectivity index (χ3v) is 3.95. The summed E-state index contributed by atoms with van der Waals surface area (Å²) in [5, 5.41) is 4.52. The zero-order valence-electron chi connectivity index (χ0n) is 10.8. The van der Waals surface area contributed by atoms with Gasteiger partial charge in [0.25, 0.3) is 0 Å². The summed E-state index contributed by atoms with van der Waals surface area (Å²) in [6, 6.07) is 6.96. The summed E-state index contributed by atoms with van der Waals surface area (Å²) in [5.41, 5.74) is 2.44. The van der Waals surface area contributed by atoms with Crippen molar-refractivity contribution < 1.29 is 0 Å². The summed E-state index contributed by atoms with van der Waals surface area (Å²) < 4.78 is 0. The monoisotopic (exact) mass is 251 g/mol. The Morgan fingerprint density at radius 1 is 1.41 bits per heavy atom. The lowest BCUT2D eigenvalue weighted by molar-refractivity contribution is 0.445. The fourth-order valence-corrected chi connectivity index (χ4v) is 2.50. The Morgan fingerprint density at radius 3 is 2.76 bits per heavy atom. The van der Waals surface area contributed by atoms with E-state index < -0.39 is 0 Å². The van der Waals surface area contributed by atoms with E-state index in [9.17, 15) is 0 Å². The summed E-state index contributed by atoms with van der Waals surface area (Å²) >= 11 is 6.23. The maximum absolute atomic E-state index is 6.23. The Balaban J connectivity index is 1.86. The molecule has 0 spiro atoms. The van der Waals surface area contributed by atoms with E-state index >= 15 is 0 Å². The largest absolute Gasteiger partial charge is 0.310 e. The first-order valence-corrected chi connectivity index (χ1v) is 7.05. The molecule has 1 aliphatic rings. The van der Waals surface area contributed by atoms with Crippen molar-refractivity contribution in [3.8, 4) is 0 Å². The number of rotatable bonds is 6. The molecule has 94 valence electrons. The van der Waals surface area contributed by atoms with Crippen molar-refractivity contribution in [2.24, 2.45) is 5.92 Å². The lowest BCUT2D eigenvalue weighted by Gasteiger charge is -2.17. The van der Waals surface area contributed by atoms with Crippen LogP contribution in [-0.4, -0.2) is 6.04 Å². The molecule has 1 aromatic rings. The Labute approximate surface area is 110 Å². The summed E-state index contributed by atoms with van der Waals surface area (Å²) in [4.78, 5) is 0. The molecule has 0 amide bonds. The summed E-state index contributed by atoms with van der Waals surface area (Å²) in [7, 11) is 0. The molecule has 1 N–H and O–H groups in total. The van der Waals surface area contributed by atoms with Crippen molar-refractivity contribution in [2.75, 3.05) is 0 Å². The highest BCUT2D eigenvalue weighted by Crippen LogP contribution is 2.34. The molecule has 1 aromatic carbocycles. The number of aryl methyl sites for hydroxylation is 1. The predicted molar refractivity (Wildman–Crippen MR) is 74.4 cm³/mol. The molecule has 0 aromatic heterocycles. The van der Waals surface area contributed by atoms with Crippen molar-refractivity contribution in [1.29, 1.82) is 0 Å². The first kappa shape index (κ1) is 12.9. The first-order valence-electron chi connectivity index (χ1n) is 6.67. The van der Waals surface area contributed by atoms with E-state index in [4.69, 9.17) is 11.6 Å². The molecule has 1 fully saturated rings. The second-order valence-corrected chi connectivity index (χ2v) is 5.67. The van der Waals surface area contributed by atoms with Crippen molar-refractivity contribution in [2.45, 2.75) is 52.1 Å². The van der Waals surface area contributed by atoms with Gasteiger partial charge in [0.2, 0.25) is 0 Å². The minimum absolute atomic E-state index is 0.653. The molecular weight excluding hydrogens is 230 g/mol. The Morgan fingerprint density at radius 2 is 2.18 bits per heavy atom. The van der Waals surface area contributed by atoms with Crippen molar-refractivity contribution >= 4 is 11.6 Å². The molecule has 1 saturated carbocycles. The first-order chi connectivity index (χ1) is 8.19. The topological polar surface area (TPSA) is 12.0 Å². The quantitative estimate of drug-likeness (QED) is 0.794. The fourth-order valence-electron chi connectivity index (χ4n) is 2.20. The maximum atomic E-state index is 6.23. The van der Waals surface area contributed by atoms with E-state index in [0.717, 1.165) is 17.5 Å². The highest BCUT2D eigenvalue weighted by Gasteiger charge is 2.24. The molecule has 1 unspecified atom stereocenters. The van der Waals surface area contributed by atoms with Crippen LogP contribution < -0.4 is 5.32 Å². The predicted octanol–water partition coefficient (Wildman–Crippen LogP) is 4.32. The number of halogens is 1. The Hall–Kier alpha value is -0.530. The van der Waals surface area contributed by atoms with Gasteiger partial charge in [-0.05, 0) is 42.9 Å². The van der Waals surface area contributed by atoms with Gasteiger partial charge in [0.15, 0.2) is 0 Å². The summed E-state index contributed by atoms with van der Waals surface area (Å²) in [5.74, 6) is 0.987.